The van der Waals surface area contributed by atoms with Crippen molar-refractivity contribution in [2.24, 2.45) is 34.3 Å². The Hall–Kier alpha value is -3.18. The van der Waals surface area contributed by atoms with Gasteiger partial charge in [-0.15, -0.1) is 0 Å². The van der Waals surface area contributed by atoms with Crippen LogP contribution in [0.2, 0.25) is 0 Å². The standard InChI is InChI=1S/C34H58N6O6/c1-20(2)22-15-17-40(26(22)30(44)36-23(27(42)29(35)43)18-21-12-11-13-21)31(45)28(34(6,7)8)38-32(46)37-24(33(3,4)5)19-39-16-10-9-14-25(39)41/h20-24,26,28H,9-19H2,1-8H3,(H2,35,43)(H,36,44)(H2,37,38,46)/t22-,23?,24-,26+,28-/m1/s1. The van der Waals surface area contributed by atoms with Gasteiger partial charge >= 0.3 is 6.03 Å². The molecule has 3 fully saturated rings. The van der Waals surface area contributed by atoms with Crippen molar-refractivity contribution in [1.29, 1.82) is 0 Å². The summed E-state index contributed by atoms with van der Waals surface area (Å²) in [6, 6.07) is -3.77. The summed E-state index contributed by atoms with van der Waals surface area (Å²) < 4.78 is 0. The number of nitrogens with zero attached hydrogens (tertiary/aromatic N) is 2. The molecule has 12 heteroatoms. The summed E-state index contributed by atoms with van der Waals surface area (Å²) in [4.78, 5) is 82.2. The molecule has 260 valence electrons. The molecule has 0 spiro atoms. The fourth-order valence-electron chi connectivity index (χ4n) is 6.78. The number of amides is 6. The number of likely N-dealkylation sites (tertiary alicyclic amines) is 2. The summed E-state index contributed by atoms with van der Waals surface area (Å²) in [5.41, 5.74) is 4.26. The van der Waals surface area contributed by atoms with Crippen LogP contribution in [0.4, 0.5) is 4.79 Å². The summed E-state index contributed by atoms with van der Waals surface area (Å²) in [6.07, 6.45) is 6.10. The van der Waals surface area contributed by atoms with Crippen LogP contribution >= 0.6 is 0 Å². The average molecular weight is 647 g/mol. The number of carbonyl (C=O) groups is 6. The number of nitrogens with two attached hydrogens (primary N) is 1. The highest BCUT2D eigenvalue weighted by atomic mass is 16.2. The quantitative estimate of drug-likeness (QED) is 0.238. The van der Waals surface area contributed by atoms with Crippen molar-refractivity contribution in [3.8, 4) is 0 Å². The number of primary amides is 1. The summed E-state index contributed by atoms with van der Waals surface area (Å²) in [7, 11) is 0. The van der Waals surface area contributed by atoms with Crippen molar-refractivity contribution in [3.05, 3.63) is 0 Å². The molecule has 1 aliphatic carbocycles. The van der Waals surface area contributed by atoms with E-state index < -0.39 is 47.2 Å². The molecule has 1 saturated carbocycles. The van der Waals surface area contributed by atoms with Gasteiger partial charge in [0.2, 0.25) is 23.5 Å². The van der Waals surface area contributed by atoms with Gasteiger partial charge in [-0.1, -0.05) is 74.7 Å². The normalized spacial score (nSPS) is 22.9. The maximum absolute atomic E-state index is 14.3. The number of rotatable bonds is 12. The molecule has 0 bridgehead atoms. The predicted molar refractivity (Wildman–Crippen MR) is 175 cm³/mol. The van der Waals surface area contributed by atoms with E-state index in [0.717, 1.165) is 32.1 Å². The lowest BCUT2D eigenvalue weighted by Gasteiger charge is -2.39. The van der Waals surface area contributed by atoms with Crippen LogP contribution in [-0.2, 0) is 24.0 Å². The average Bonchev–Trinajstić information content (AvgIpc) is 3.37. The molecule has 0 radical (unpaired) electrons. The Balaban J connectivity index is 1.81. The smallest absolute Gasteiger partial charge is 0.315 e. The van der Waals surface area contributed by atoms with Crippen LogP contribution in [0.25, 0.3) is 0 Å². The number of carbonyl (C=O) groups excluding carboxylic acids is 6. The topological polar surface area (TPSA) is 171 Å². The van der Waals surface area contributed by atoms with E-state index in [9.17, 15) is 28.8 Å². The third-order valence-corrected chi connectivity index (χ3v) is 10.1. The zero-order chi connectivity index (χ0) is 34.6. The van der Waals surface area contributed by atoms with E-state index in [1.807, 2.05) is 55.4 Å². The van der Waals surface area contributed by atoms with Crippen LogP contribution < -0.4 is 21.7 Å². The van der Waals surface area contributed by atoms with Crippen LogP contribution in [0.5, 0.6) is 0 Å². The minimum absolute atomic E-state index is 0.0554. The van der Waals surface area contributed by atoms with Crippen LogP contribution in [0, 0.1) is 28.6 Å². The Morgan fingerprint density at radius 2 is 1.52 bits per heavy atom. The second-order valence-corrected chi connectivity index (χ2v) is 16.1. The van der Waals surface area contributed by atoms with Gasteiger partial charge < -0.3 is 31.5 Å². The van der Waals surface area contributed by atoms with Crippen molar-refractivity contribution in [2.45, 2.75) is 131 Å². The number of nitrogens with one attached hydrogen (secondary N) is 3. The highest BCUT2D eigenvalue weighted by molar-refractivity contribution is 6.37. The van der Waals surface area contributed by atoms with Gasteiger partial charge in [0.1, 0.15) is 12.1 Å². The van der Waals surface area contributed by atoms with E-state index >= 15 is 0 Å². The van der Waals surface area contributed by atoms with E-state index in [1.165, 1.54) is 4.90 Å². The Kier molecular flexibility index (Phi) is 12.3. The molecule has 0 aromatic carbocycles. The van der Waals surface area contributed by atoms with E-state index in [1.54, 1.807) is 4.90 Å². The van der Waals surface area contributed by atoms with Crippen LogP contribution in [0.3, 0.4) is 0 Å². The van der Waals surface area contributed by atoms with Gasteiger partial charge in [-0.2, -0.15) is 0 Å². The number of piperidine rings is 1. The SMILES string of the molecule is CC(C)[C@H]1CCN(C(=O)[C@@H](NC(=O)N[C@H](CN2CCCCC2=O)C(C)(C)C)C(C)(C)C)[C@@H]1C(=O)NC(CC1CCC1)C(=O)C(N)=O. The van der Waals surface area contributed by atoms with E-state index in [2.05, 4.69) is 16.0 Å². The van der Waals surface area contributed by atoms with Gasteiger partial charge in [0.15, 0.2) is 0 Å². The van der Waals surface area contributed by atoms with E-state index in [-0.39, 0.29) is 41.0 Å². The first-order valence-corrected chi connectivity index (χ1v) is 17.1. The Labute approximate surface area is 274 Å². The van der Waals surface area contributed by atoms with Gasteiger partial charge in [0.05, 0.1) is 12.1 Å². The molecule has 2 heterocycles. The molecular formula is C34H58N6O6. The lowest BCUT2D eigenvalue weighted by molar-refractivity contribution is -0.144. The van der Waals surface area contributed by atoms with Crippen molar-refractivity contribution in [3.63, 3.8) is 0 Å². The minimum Gasteiger partial charge on any atom is -0.363 e. The van der Waals surface area contributed by atoms with Gasteiger partial charge in [0.25, 0.3) is 5.91 Å². The van der Waals surface area contributed by atoms with Crippen LogP contribution in [-0.4, -0.2) is 89.0 Å². The van der Waals surface area contributed by atoms with Gasteiger partial charge in [-0.25, -0.2) is 4.79 Å². The molecule has 5 atom stereocenters. The first-order valence-electron chi connectivity index (χ1n) is 17.1. The largest absolute Gasteiger partial charge is 0.363 e. The number of urea groups is 1. The van der Waals surface area contributed by atoms with Gasteiger partial charge in [-0.3, -0.25) is 24.0 Å². The van der Waals surface area contributed by atoms with E-state index in [0.29, 0.717) is 38.9 Å². The fourth-order valence-corrected chi connectivity index (χ4v) is 6.78. The molecule has 12 nitrogen and oxygen atoms in total. The molecule has 46 heavy (non-hydrogen) atoms. The molecule has 3 rings (SSSR count). The van der Waals surface area contributed by atoms with Gasteiger partial charge in [0, 0.05) is 26.1 Å². The third kappa shape index (κ3) is 9.44. The number of Topliss-reactive ketones (excluding diaryl/α,β-unsaturated/α-hetero) is 1. The van der Waals surface area contributed by atoms with Crippen molar-refractivity contribution in [2.75, 3.05) is 19.6 Å². The molecule has 6 amide bonds. The van der Waals surface area contributed by atoms with Crippen molar-refractivity contribution in [1.82, 2.24) is 25.8 Å². The van der Waals surface area contributed by atoms with E-state index in [4.69, 9.17) is 5.73 Å². The van der Waals surface area contributed by atoms with Gasteiger partial charge in [-0.05, 0) is 54.3 Å². The van der Waals surface area contributed by atoms with Crippen LogP contribution in [0.15, 0.2) is 0 Å². The lowest BCUT2D eigenvalue weighted by atomic mass is 9.80. The first kappa shape index (κ1) is 37.3. The Morgan fingerprint density at radius 3 is 2.02 bits per heavy atom. The summed E-state index contributed by atoms with van der Waals surface area (Å²) in [5, 5.41) is 8.75. The molecule has 2 saturated heterocycles. The molecular weight excluding hydrogens is 588 g/mol. The zero-order valence-corrected chi connectivity index (χ0v) is 29.2. The fraction of sp³-hybridized carbons (Fsp3) is 0.824. The zero-order valence-electron chi connectivity index (χ0n) is 29.2. The second kappa shape index (κ2) is 15.2. The predicted octanol–water partition coefficient (Wildman–Crippen LogP) is 2.73. The molecule has 1 unspecified atom stereocenters. The molecule has 3 aliphatic rings. The van der Waals surface area contributed by atoms with Crippen LogP contribution in [0.1, 0.15) is 107 Å². The maximum atomic E-state index is 14.3. The molecule has 2 aliphatic heterocycles. The molecule has 0 aromatic rings. The summed E-state index contributed by atoms with van der Waals surface area (Å²) >= 11 is 0. The van der Waals surface area contributed by atoms with Crippen molar-refractivity contribution >= 4 is 35.4 Å². The maximum Gasteiger partial charge on any atom is 0.315 e. The Morgan fingerprint density at radius 1 is 0.870 bits per heavy atom. The highest BCUT2D eigenvalue weighted by Gasteiger charge is 2.48. The lowest BCUT2D eigenvalue weighted by Crippen LogP contribution is -2.62. The highest BCUT2D eigenvalue weighted by Crippen LogP contribution is 2.35. The number of hydrogen-bond acceptors (Lipinski definition) is 6. The molecule has 5 N–H and O–H groups in total. The minimum atomic E-state index is -1.09. The van der Waals surface area contributed by atoms with Crippen molar-refractivity contribution < 1.29 is 28.8 Å². The molecule has 0 aromatic heterocycles. The number of ketones is 1. The summed E-state index contributed by atoms with van der Waals surface area (Å²) in [6.45, 7) is 16.9. The number of hydrogen-bond donors (Lipinski definition) is 4. The summed E-state index contributed by atoms with van der Waals surface area (Å²) in [5.74, 6) is -2.61. The monoisotopic (exact) mass is 646 g/mol. The third-order valence-electron chi connectivity index (χ3n) is 10.1. The second-order valence-electron chi connectivity index (χ2n) is 16.1. The Bertz CT molecular complexity index is 1150. The first-order chi connectivity index (χ1) is 21.3.